The minimum Gasteiger partial charge on any atom is -0.384 e. The normalized spacial score (nSPS) is 13.2. The summed E-state index contributed by atoms with van der Waals surface area (Å²) in [6.07, 6.45) is -3.36. The smallest absolute Gasteiger partial charge is 0.384 e. The molecule has 1 atom stereocenters. The molecule has 1 N–H and O–H groups in total. The standard InChI is InChI=1S/C17H17F3O/c1-2-4-12-5-3-6-14(11-12)16(21)13-7-9-15(10-8-13)17(18,19)20/h3,5-11,16,21H,2,4H2,1H3. The molecule has 112 valence electrons. The van der Waals surface area contributed by atoms with Crippen molar-refractivity contribution in [1.29, 1.82) is 0 Å². The van der Waals surface area contributed by atoms with Crippen molar-refractivity contribution >= 4 is 0 Å². The summed E-state index contributed by atoms with van der Waals surface area (Å²) in [5, 5.41) is 10.3. The molecule has 0 heterocycles. The first-order chi connectivity index (χ1) is 9.91. The van der Waals surface area contributed by atoms with Crippen molar-refractivity contribution in [3.05, 3.63) is 70.8 Å². The summed E-state index contributed by atoms with van der Waals surface area (Å²) in [5.74, 6) is 0. The van der Waals surface area contributed by atoms with Gasteiger partial charge in [0.25, 0.3) is 0 Å². The Morgan fingerprint density at radius 3 is 2.24 bits per heavy atom. The summed E-state index contributed by atoms with van der Waals surface area (Å²) in [4.78, 5) is 0. The van der Waals surface area contributed by atoms with E-state index in [0.717, 1.165) is 30.5 Å². The average Bonchev–Trinajstić information content (AvgIpc) is 2.46. The number of rotatable bonds is 4. The Labute approximate surface area is 122 Å². The van der Waals surface area contributed by atoms with Crippen LogP contribution in [0.25, 0.3) is 0 Å². The molecular formula is C17H17F3O. The third-order valence-corrected chi connectivity index (χ3v) is 3.36. The van der Waals surface area contributed by atoms with Gasteiger partial charge in [-0.15, -0.1) is 0 Å². The predicted octanol–water partition coefficient (Wildman–Crippen LogP) is 4.74. The maximum Gasteiger partial charge on any atom is 0.416 e. The molecule has 1 nitrogen and oxygen atoms in total. The van der Waals surface area contributed by atoms with Crippen molar-refractivity contribution in [3.8, 4) is 0 Å². The zero-order valence-corrected chi connectivity index (χ0v) is 11.7. The van der Waals surface area contributed by atoms with Crippen LogP contribution >= 0.6 is 0 Å². The van der Waals surface area contributed by atoms with Gasteiger partial charge in [0.2, 0.25) is 0 Å². The Morgan fingerprint density at radius 1 is 1.00 bits per heavy atom. The summed E-state index contributed by atoms with van der Waals surface area (Å²) < 4.78 is 37.6. The van der Waals surface area contributed by atoms with Gasteiger partial charge in [-0.2, -0.15) is 13.2 Å². The molecule has 0 aliphatic rings. The lowest BCUT2D eigenvalue weighted by Gasteiger charge is -2.14. The van der Waals surface area contributed by atoms with Crippen LogP contribution < -0.4 is 0 Å². The third-order valence-electron chi connectivity index (χ3n) is 3.36. The average molecular weight is 294 g/mol. The monoisotopic (exact) mass is 294 g/mol. The van der Waals surface area contributed by atoms with Crippen LogP contribution in [0, 0.1) is 0 Å². The number of hydrogen-bond donors (Lipinski definition) is 1. The Hall–Kier alpha value is -1.81. The van der Waals surface area contributed by atoms with Gasteiger partial charge in [0, 0.05) is 0 Å². The predicted molar refractivity (Wildman–Crippen MR) is 75.9 cm³/mol. The van der Waals surface area contributed by atoms with Gasteiger partial charge in [-0.05, 0) is 35.2 Å². The van der Waals surface area contributed by atoms with Crippen molar-refractivity contribution < 1.29 is 18.3 Å². The number of aliphatic hydroxyl groups excluding tert-OH is 1. The van der Waals surface area contributed by atoms with Crippen molar-refractivity contribution in [2.75, 3.05) is 0 Å². The summed E-state index contributed by atoms with van der Waals surface area (Å²) in [6.45, 7) is 2.07. The van der Waals surface area contributed by atoms with E-state index in [-0.39, 0.29) is 0 Å². The van der Waals surface area contributed by atoms with E-state index in [1.54, 1.807) is 6.07 Å². The number of alkyl halides is 3. The van der Waals surface area contributed by atoms with E-state index in [0.29, 0.717) is 11.1 Å². The zero-order valence-electron chi connectivity index (χ0n) is 11.7. The quantitative estimate of drug-likeness (QED) is 0.863. The number of halogens is 3. The molecule has 0 aliphatic carbocycles. The third kappa shape index (κ3) is 3.85. The maximum atomic E-state index is 12.5. The SMILES string of the molecule is CCCc1cccc(C(O)c2ccc(C(F)(F)F)cc2)c1. The van der Waals surface area contributed by atoms with E-state index >= 15 is 0 Å². The van der Waals surface area contributed by atoms with Gasteiger partial charge in [-0.1, -0.05) is 49.7 Å². The first-order valence-electron chi connectivity index (χ1n) is 6.86. The Balaban J connectivity index is 2.23. The molecular weight excluding hydrogens is 277 g/mol. The minimum absolute atomic E-state index is 0.455. The molecule has 0 saturated heterocycles. The molecule has 2 aromatic rings. The molecule has 2 rings (SSSR count). The lowest BCUT2D eigenvalue weighted by atomic mass is 9.97. The second kappa shape index (κ2) is 6.31. The fraction of sp³-hybridized carbons (Fsp3) is 0.294. The fourth-order valence-electron chi connectivity index (χ4n) is 2.25. The van der Waals surface area contributed by atoms with Gasteiger partial charge in [-0.25, -0.2) is 0 Å². The van der Waals surface area contributed by atoms with Crippen LogP contribution in [-0.4, -0.2) is 5.11 Å². The van der Waals surface area contributed by atoms with E-state index in [9.17, 15) is 18.3 Å². The molecule has 2 aromatic carbocycles. The second-order valence-corrected chi connectivity index (χ2v) is 5.02. The van der Waals surface area contributed by atoms with E-state index < -0.39 is 17.8 Å². The molecule has 0 amide bonds. The molecule has 0 fully saturated rings. The second-order valence-electron chi connectivity index (χ2n) is 5.02. The summed E-state index contributed by atoms with van der Waals surface area (Å²) in [5.41, 5.74) is 1.55. The Morgan fingerprint density at radius 2 is 1.67 bits per heavy atom. The largest absolute Gasteiger partial charge is 0.416 e. The zero-order chi connectivity index (χ0) is 15.5. The first-order valence-corrected chi connectivity index (χ1v) is 6.86. The highest BCUT2D eigenvalue weighted by Gasteiger charge is 2.30. The van der Waals surface area contributed by atoms with E-state index in [2.05, 4.69) is 6.92 Å². The number of aliphatic hydroxyl groups is 1. The summed E-state index contributed by atoms with van der Waals surface area (Å²) in [7, 11) is 0. The minimum atomic E-state index is -4.36. The molecule has 21 heavy (non-hydrogen) atoms. The topological polar surface area (TPSA) is 20.2 Å². The summed E-state index contributed by atoms with van der Waals surface area (Å²) >= 11 is 0. The lowest BCUT2D eigenvalue weighted by Crippen LogP contribution is -2.06. The molecule has 0 aromatic heterocycles. The van der Waals surface area contributed by atoms with Crippen molar-refractivity contribution in [2.45, 2.75) is 32.0 Å². The Bertz CT molecular complexity index is 588. The molecule has 0 spiro atoms. The molecule has 0 bridgehead atoms. The van der Waals surface area contributed by atoms with Gasteiger partial charge in [-0.3, -0.25) is 0 Å². The van der Waals surface area contributed by atoms with Gasteiger partial charge in [0.15, 0.2) is 0 Å². The number of benzene rings is 2. The molecule has 1 unspecified atom stereocenters. The highest BCUT2D eigenvalue weighted by molar-refractivity contribution is 5.34. The van der Waals surface area contributed by atoms with E-state index in [4.69, 9.17) is 0 Å². The van der Waals surface area contributed by atoms with Crippen LogP contribution in [0.4, 0.5) is 13.2 Å². The molecule has 0 aliphatic heterocycles. The van der Waals surface area contributed by atoms with Crippen molar-refractivity contribution in [2.24, 2.45) is 0 Å². The molecule has 0 radical (unpaired) electrons. The number of aryl methyl sites for hydroxylation is 1. The van der Waals surface area contributed by atoms with E-state index in [1.807, 2.05) is 18.2 Å². The highest BCUT2D eigenvalue weighted by atomic mass is 19.4. The van der Waals surface area contributed by atoms with Gasteiger partial charge in [0.05, 0.1) is 5.56 Å². The van der Waals surface area contributed by atoms with Crippen LogP contribution in [0.5, 0.6) is 0 Å². The van der Waals surface area contributed by atoms with Gasteiger partial charge >= 0.3 is 6.18 Å². The Kier molecular flexibility index (Phi) is 4.68. The van der Waals surface area contributed by atoms with Crippen LogP contribution in [-0.2, 0) is 12.6 Å². The molecule has 0 saturated carbocycles. The first kappa shape index (κ1) is 15.6. The molecule has 4 heteroatoms. The number of hydrogen-bond acceptors (Lipinski definition) is 1. The van der Waals surface area contributed by atoms with Gasteiger partial charge in [0.1, 0.15) is 6.10 Å². The van der Waals surface area contributed by atoms with Crippen molar-refractivity contribution in [1.82, 2.24) is 0 Å². The highest BCUT2D eigenvalue weighted by Crippen LogP contribution is 2.31. The fourth-order valence-corrected chi connectivity index (χ4v) is 2.25. The van der Waals surface area contributed by atoms with E-state index in [1.165, 1.54) is 12.1 Å². The summed E-state index contributed by atoms with van der Waals surface area (Å²) in [6, 6.07) is 12.1. The van der Waals surface area contributed by atoms with Crippen LogP contribution in [0.1, 0.15) is 41.7 Å². The van der Waals surface area contributed by atoms with Gasteiger partial charge < -0.3 is 5.11 Å². The van der Waals surface area contributed by atoms with Crippen molar-refractivity contribution in [3.63, 3.8) is 0 Å². The van der Waals surface area contributed by atoms with Crippen LogP contribution in [0.3, 0.4) is 0 Å². The lowest BCUT2D eigenvalue weighted by molar-refractivity contribution is -0.137. The maximum absolute atomic E-state index is 12.5. The van der Waals surface area contributed by atoms with Crippen LogP contribution in [0.15, 0.2) is 48.5 Å². The van der Waals surface area contributed by atoms with Crippen LogP contribution in [0.2, 0.25) is 0 Å².